The molecule has 1 aromatic rings. The van der Waals surface area contributed by atoms with Crippen LogP contribution in [0.3, 0.4) is 0 Å². The summed E-state index contributed by atoms with van der Waals surface area (Å²) in [6, 6.07) is 0.310. The quantitative estimate of drug-likeness (QED) is 0.913. The molecule has 2 fully saturated rings. The van der Waals surface area contributed by atoms with E-state index in [2.05, 4.69) is 10.3 Å². The van der Waals surface area contributed by atoms with Crippen LogP contribution in [0.15, 0.2) is 6.20 Å². The molecule has 5 heteroatoms. The van der Waals surface area contributed by atoms with Gasteiger partial charge < -0.3 is 10.2 Å². The average molecular weight is 342 g/mol. The smallest absolute Gasteiger partial charge is 0.222 e. The van der Waals surface area contributed by atoms with Crippen molar-refractivity contribution < 1.29 is 4.79 Å². The first-order chi connectivity index (χ1) is 12.3. The third kappa shape index (κ3) is 4.02. The Kier molecular flexibility index (Phi) is 5.30. The van der Waals surface area contributed by atoms with Crippen LogP contribution in [0.2, 0.25) is 0 Å². The fourth-order valence-electron chi connectivity index (χ4n) is 4.57. The third-order valence-corrected chi connectivity index (χ3v) is 6.17. The Morgan fingerprint density at radius 1 is 1.20 bits per heavy atom. The Hall–Kier alpha value is -1.49. The number of hydrogen-bond donors (Lipinski definition) is 1. The molecule has 3 heterocycles. The Balaban J connectivity index is 1.35. The molecule has 2 aliphatic heterocycles. The Bertz CT molecular complexity index is 606. The molecule has 0 unspecified atom stereocenters. The van der Waals surface area contributed by atoms with E-state index in [9.17, 15) is 4.79 Å². The summed E-state index contributed by atoms with van der Waals surface area (Å²) in [5.41, 5.74) is 2.29. The van der Waals surface area contributed by atoms with Gasteiger partial charge >= 0.3 is 0 Å². The minimum Gasteiger partial charge on any atom is -0.338 e. The summed E-state index contributed by atoms with van der Waals surface area (Å²) in [6.07, 6.45) is 13.6. The van der Waals surface area contributed by atoms with Crippen molar-refractivity contribution in [3.05, 3.63) is 23.3 Å². The molecular formula is C20H30N4O. The summed E-state index contributed by atoms with van der Waals surface area (Å²) >= 11 is 0. The largest absolute Gasteiger partial charge is 0.338 e. The summed E-state index contributed by atoms with van der Waals surface area (Å²) < 4.78 is 0. The number of carbonyl (C=O) groups excluding carboxylic acids is 1. The van der Waals surface area contributed by atoms with Gasteiger partial charge in [-0.2, -0.15) is 0 Å². The lowest BCUT2D eigenvalue weighted by Gasteiger charge is -2.29. The van der Waals surface area contributed by atoms with Crippen LogP contribution in [0.25, 0.3) is 0 Å². The van der Waals surface area contributed by atoms with E-state index in [-0.39, 0.29) is 0 Å². The molecule has 136 valence electrons. The molecule has 1 saturated heterocycles. The molecule has 0 bridgehead atoms. The lowest BCUT2D eigenvalue weighted by Crippen LogP contribution is -2.37. The van der Waals surface area contributed by atoms with Gasteiger partial charge in [0.05, 0.1) is 11.7 Å². The molecule has 1 aliphatic carbocycles. The highest BCUT2D eigenvalue weighted by atomic mass is 16.2. The zero-order valence-electron chi connectivity index (χ0n) is 15.2. The molecule has 0 aromatic carbocycles. The van der Waals surface area contributed by atoms with E-state index in [1.54, 1.807) is 0 Å². The van der Waals surface area contributed by atoms with Crippen LogP contribution in [0, 0.1) is 5.92 Å². The molecule has 0 spiro atoms. The first-order valence-corrected chi connectivity index (χ1v) is 10.2. The fraction of sp³-hybridized carbons (Fsp3) is 0.750. The van der Waals surface area contributed by atoms with Crippen molar-refractivity contribution in [1.29, 1.82) is 0 Å². The van der Waals surface area contributed by atoms with Crippen molar-refractivity contribution in [2.75, 3.05) is 13.1 Å². The standard InChI is InChI=1S/C20H30N4O/c25-19(9-8-15-5-1-2-6-15)24-12-10-17-16(14-24)13-22-20(23-17)18-7-3-4-11-21-18/h13,15,18,21H,1-12,14H2/t18-/m1/s1. The van der Waals surface area contributed by atoms with Crippen molar-refractivity contribution in [1.82, 2.24) is 20.2 Å². The normalized spacial score (nSPS) is 24.3. The summed E-state index contributed by atoms with van der Waals surface area (Å²) in [5, 5.41) is 3.52. The second-order valence-electron chi connectivity index (χ2n) is 7.96. The predicted octanol–water partition coefficient (Wildman–Crippen LogP) is 3.15. The van der Waals surface area contributed by atoms with E-state index < -0.39 is 0 Å². The molecular weight excluding hydrogens is 312 g/mol. The summed E-state index contributed by atoms with van der Waals surface area (Å²) in [5.74, 6) is 2.05. The van der Waals surface area contributed by atoms with Crippen LogP contribution < -0.4 is 5.32 Å². The number of aromatic nitrogens is 2. The second kappa shape index (κ2) is 7.81. The van der Waals surface area contributed by atoms with Gasteiger partial charge in [-0.25, -0.2) is 9.97 Å². The predicted molar refractivity (Wildman–Crippen MR) is 96.9 cm³/mol. The number of nitrogens with zero attached hydrogens (tertiary/aromatic N) is 3. The number of rotatable bonds is 4. The molecule has 1 atom stereocenters. The molecule has 1 saturated carbocycles. The molecule has 4 rings (SSSR count). The molecule has 1 amide bonds. The zero-order valence-corrected chi connectivity index (χ0v) is 15.2. The van der Waals surface area contributed by atoms with Gasteiger partial charge in [-0.15, -0.1) is 0 Å². The van der Waals surface area contributed by atoms with Crippen LogP contribution in [0.5, 0.6) is 0 Å². The maximum atomic E-state index is 12.6. The number of carbonyl (C=O) groups is 1. The van der Waals surface area contributed by atoms with Gasteiger partial charge in [0.2, 0.25) is 5.91 Å². The van der Waals surface area contributed by atoms with Crippen molar-refractivity contribution in [2.24, 2.45) is 5.92 Å². The topological polar surface area (TPSA) is 58.1 Å². The third-order valence-electron chi connectivity index (χ3n) is 6.17. The van der Waals surface area contributed by atoms with Crippen LogP contribution in [0.1, 0.15) is 80.9 Å². The molecule has 1 aromatic heterocycles. The van der Waals surface area contributed by atoms with Gasteiger partial charge in [-0.1, -0.05) is 32.1 Å². The van der Waals surface area contributed by atoms with Crippen molar-refractivity contribution in [3.8, 4) is 0 Å². The Morgan fingerprint density at radius 2 is 2.04 bits per heavy atom. The number of fused-ring (bicyclic) bond motifs is 1. The number of hydrogen-bond acceptors (Lipinski definition) is 4. The monoisotopic (exact) mass is 342 g/mol. The highest BCUT2D eigenvalue weighted by Crippen LogP contribution is 2.29. The lowest BCUT2D eigenvalue weighted by molar-refractivity contribution is -0.132. The van der Waals surface area contributed by atoms with Gasteiger partial charge in [-0.05, 0) is 31.7 Å². The van der Waals surface area contributed by atoms with Gasteiger partial charge in [0.15, 0.2) is 0 Å². The fourth-order valence-corrected chi connectivity index (χ4v) is 4.57. The highest BCUT2D eigenvalue weighted by molar-refractivity contribution is 5.76. The minimum absolute atomic E-state index is 0.310. The molecule has 0 radical (unpaired) electrons. The number of piperidine rings is 1. The summed E-state index contributed by atoms with van der Waals surface area (Å²) in [6.45, 7) is 2.57. The van der Waals surface area contributed by atoms with Gasteiger partial charge in [0, 0.05) is 37.7 Å². The van der Waals surface area contributed by atoms with E-state index in [0.29, 0.717) is 24.9 Å². The van der Waals surface area contributed by atoms with Crippen LogP contribution in [0.4, 0.5) is 0 Å². The molecule has 3 aliphatic rings. The van der Waals surface area contributed by atoms with E-state index in [0.717, 1.165) is 55.4 Å². The zero-order chi connectivity index (χ0) is 17.1. The van der Waals surface area contributed by atoms with E-state index in [4.69, 9.17) is 4.98 Å². The Morgan fingerprint density at radius 3 is 2.84 bits per heavy atom. The second-order valence-corrected chi connectivity index (χ2v) is 7.96. The Labute approximate surface area is 150 Å². The first kappa shape index (κ1) is 17.0. The average Bonchev–Trinajstić information content (AvgIpc) is 3.19. The van der Waals surface area contributed by atoms with Gasteiger partial charge in [0.1, 0.15) is 5.82 Å². The molecule has 25 heavy (non-hydrogen) atoms. The van der Waals surface area contributed by atoms with Crippen LogP contribution >= 0.6 is 0 Å². The number of nitrogens with one attached hydrogen (secondary N) is 1. The van der Waals surface area contributed by atoms with E-state index in [1.807, 2.05) is 11.1 Å². The van der Waals surface area contributed by atoms with E-state index >= 15 is 0 Å². The van der Waals surface area contributed by atoms with E-state index in [1.165, 1.54) is 38.5 Å². The summed E-state index contributed by atoms with van der Waals surface area (Å²) in [4.78, 5) is 24.0. The lowest BCUT2D eigenvalue weighted by atomic mass is 10.00. The minimum atomic E-state index is 0.310. The van der Waals surface area contributed by atoms with Crippen LogP contribution in [-0.2, 0) is 17.8 Å². The van der Waals surface area contributed by atoms with Gasteiger partial charge in [-0.3, -0.25) is 4.79 Å². The summed E-state index contributed by atoms with van der Waals surface area (Å²) in [7, 11) is 0. The molecule has 1 N–H and O–H groups in total. The maximum absolute atomic E-state index is 12.6. The van der Waals surface area contributed by atoms with Crippen LogP contribution in [-0.4, -0.2) is 33.9 Å². The SMILES string of the molecule is O=C(CCC1CCCC1)N1CCc2nc([C@H]3CCCCN3)ncc2C1. The maximum Gasteiger partial charge on any atom is 0.222 e. The van der Waals surface area contributed by atoms with Gasteiger partial charge in [0.25, 0.3) is 0 Å². The number of amides is 1. The van der Waals surface area contributed by atoms with Crippen molar-refractivity contribution >= 4 is 5.91 Å². The highest BCUT2D eigenvalue weighted by Gasteiger charge is 2.25. The van der Waals surface area contributed by atoms with Crippen molar-refractivity contribution in [2.45, 2.75) is 76.8 Å². The molecule has 5 nitrogen and oxygen atoms in total. The van der Waals surface area contributed by atoms with Crippen molar-refractivity contribution in [3.63, 3.8) is 0 Å². The first-order valence-electron chi connectivity index (χ1n) is 10.2.